The van der Waals surface area contributed by atoms with E-state index in [-0.39, 0.29) is 18.1 Å². The predicted molar refractivity (Wildman–Crippen MR) is 109 cm³/mol. The van der Waals surface area contributed by atoms with Gasteiger partial charge in [0.25, 0.3) is 0 Å². The molecule has 0 radical (unpaired) electrons. The highest BCUT2D eigenvalue weighted by Gasteiger charge is 2.47. The lowest BCUT2D eigenvalue weighted by molar-refractivity contribution is -0.121. The van der Waals surface area contributed by atoms with Crippen molar-refractivity contribution in [3.63, 3.8) is 0 Å². The van der Waals surface area contributed by atoms with Crippen LogP contribution in [0.1, 0.15) is 37.7 Å². The quantitative estimate of drug-likeness (QED) is 0.763. The normalized spacial score (nSPS) is 25.6. The average Bonchev–Trinajstić information content (AvgIpc) is 3.01. The number of amides is 3. The van der Waals surface area contributed by atoms with Gasteiger partial charge in [0.05, 0.1) is 12.0 Å². The second kappa shape index (κ2) is 8.03. The summed E-state index contributed by atoms with van der Waals surface area (Å²) in [6.45, 7) is 1.62. The maximum Gasteiger partial charge on any atom is 0.317 e. The van der Waals surface area contributed by atoms with Gasteiger partial charge in [-0.3, -0.25) is 4.79 Å². The molecule has 150 valence electrons. The number of urea groups is 1. The fraction of sp³-hybridized carbons (Fsp3) is 0.524. The number of benzene rings is 1. The van der Waals surface area contributed by atoms with E-state index in [9.17, 15) is 9.59 Å². The van der Waals surface area contributed by atoms with Crippen molar-refractivity contribution >= 4 is 29.1 Å². The summed E-state index contributed by atoms with van der Waals surface area (Å²) in [4.78, 5) is 29.0. The first-order valence-corrected chi connectivity index (χ1v) is 10.5. The Bertz CT molecular complexity index is 776. The first kappa shape index (κ1) is 19.1. The van der Waals surface area contributed by atoms with Crippen LogP contribution in [-0.2, 0) is 4.79 Å². The van der Waals surface area contributed by atoms with Gasteiger partial charge in [0.2, 0.25) is 5.91 Å². The third-order valence-electron chi connectivity index (χ3n) is 6.20. The lowest BCUT2D eigenvalue weighted by atomic mass is 9.88. The highest BCUT2D eigenvalue weighted by Crippen LogP contribution is 2.43. The molecule has 1 aliphatic carbocycles. The van der Waals surface area contributed by atoms with Gasteiger partial charge in [0.15, 0.2) is 0 Å². The molecule has 2 heterocycles. The third kappa shape index (κ3) is 3.58. The lowest BCUT2D eigenvalue weighted by Gasteiger charge is -2.41. The molecule has 2 unspecified atom stereocenters. The van der Waals surface area contributed by atoms with Crippen molar-refractivity contribution in [3.8, 4) is 0 Å². The van der Waals surface area contributed by atoms with E-state index in [4.69, 9.17) is 17.3 Å². The van der Waals surface area contributed by atoms with Crippen LogP contribution in [0.3, 0.4) is 0 Å². The Morgan fingerprint density at radius 1 is 1.07 bits per heavy atom. The summed E-state index contributed by atoms with van der Waals surface area (Å²) in [5.74, 6) is -0.931. The fourth-order valence-corrected chi connectivity index (χ4v) is 5.20. The van der Waals surface area contributed by atoms with E-state index < -0.39 is 11.8 Å². The number of nitrogens with two attached hydrogens (primary N) is 1. The third-order valence-corrected chi connectivity index (χ3v) is 6.62. The van der Waals surface area contributed by atoms with E-state index in [0.29, 0.717) is 24.8 Å². The van der Waals surface area contributed by atoms with Crippen molar-refractivity contribution in [2.45, 2.75) is 44.2 Å². The van der Waals surface area contributed by atoms with Crippen molar-refractivity contribution in [2.75, 3.05) is 19.6 Å². The summed E-state index contributed by atoms with van der Waals surface area (Å²) < 4.78 is 0. The van der Waals surface area contributed by atoms with Crippen molar-refractivity contribution < 1.29 is 9.59 Å². The van der Waals surface area contributed by atoms with Gasteiger partial charge in [0, 0.05) is 31.2 Å². The number of hydrogen-bond acceptors (Lipinski definition) is 3. The van der Waals surface area contributed by atoms with E-state index >= 15 is 0 Å². The van der Waals surface area contributed by atoms with Gasteiger partial charge in [-0.25, -0.2) is 4.79 Å². The molecule has 0 spiro atoms. The minimum absolute atomic E-state index is 0.0425. The van der Waals surface area contributed by atoms with Crippen LogP contribution in [0.4, 0.5) is 4.79 Å². The number of rotatable bonds is 3. The number of carbonyl (C=O) groups excluding carboxylic acids is 2. The first-order valence-electron chi connectivity index (χ1n) is 10.1. The number of fused-ring (bicyclic) bond motifs is 1. The molecule has 3 amide bonds. The van der Waals surface area contributed by atoms with Crippen molar-refractivity contribution in [3.05, 3.63) is 41.1 Å². The molecule has 2 atom stereocenters. The van der Waals surface area contributed by atoms with Crippen LogP contribution in [0.15, 0.2) is 35.5 Å². The van der Waals surface area contributed by atoms with E-state index in [1.807, 2.05) is 40.1 Å². The molecule has 4 rings (SSSR count). The summed E-state index contributed by atoms with van der Waals surface area (Å²) in [6.07, 6.45) is 5.69. The van der Waals surface area contributed by atoms with E-state index in [0.717, 1.165) is 24.0 Å². The van der Waals surface area contributed by atoms with Gasteiger partial charge < -0.3 is 20.9 Å². The van der Waals surface area contributed by atoms with Crippen LogP contribution < -0.4 is 11.1 Å². The molecule has 2 aliphatic heterocycles. The molecule has 1 saturated carbocycles. The lowest BCUT2D eigenvalue weighted by Crippen LogP contribution is -2.58. The van der Waals surface area contributed by atoms with E-state index in [1.165, 1.54) is 19.3 Å². The number of halogens is 1. The summed E-state index contributed by atoms with van der Waals surface area (Å²) in [5.41, 5.74) is 7.47. The van der Waals surface area contributed by atoms with Crippen LogP contribution in [0, 0.1) is 5.92 Å². The first-order chi connectivity index (χ1) is 13.6. The zero-order valence-electron chi connectivity index (χ0n) is 15.9. The van der Waals surface area contributed by atoms with Crippen LogP contribution in [0.2, 0.25) is 0 Å². The summed E-state index contributed by atoms with van der Waals surface area (Å²) >= 11 is 6.69. The second-order valence-corrected chi connectivity index (χ2v) is 8.30. The Morgan fingerprint density at radius 2 is 1.79 bits per heavy atom. The highest BCUT2D eigenvalue weighted by atomic mass is 35.5. The van der Waals surface area contributed by atoms with Crippen LogP contribution in [0.25, 0.3) is 5.57 Å². The smallest absolute Gasteiger partial charge is 0.317 e. The minimum Gasteiger partial charge on any atom is -0.369 e. The molecule has 28 heavy (non-hydrogen) atoms. The average molecular weight is 403 g/mol. The Morgan fingerprint density at radius 3 is 2.46 bits per heavy atom. The molecule has 2 fully saturated rings. The molecular formula is C21H27ClN4O2. The van der Waals surface area contributed by atoms with Crippen molar-refractivity contribution in [2.24, 2.45) is 11.7 Å². The molecule has 1 aromatic carbocycles. The molecule has 1 saturated heterocycles. The number of hydrogen-bond donors (Lipinski definition) is 2. The molecular weight excluding hydrogens is 376 g/mol. The monoisotopic (exact) mass is 402 g/mol. The number of primary amides is 1. The largest absolute Gasteiger partial charge is 0.369 e. The summed E-state index contributed by atoms with van der Waals surface area (Å²) in [7, 11) is 0. The fourth-order valence-electron chi connectivity index (χ4n) is 4.76. The maximum atomic E-state index is 12.8. The Labute approximate surface area is 170 Å². The number of carbonyl (C=O) groups is 2. The van der Waals surface area contributed by atoms with Gasteiger partial charge in [0.1, 0.15) is 5.16 Å². The van der Waals surface area contributed by atoms with Gasteiger partial charge in [-0.05, 0) is 18.4 Å². The van der Waals surface area contributed by atoms with Crippen molar-refractivity contribution in [1.29, 1.82) is 0 Å². The number of nitrogens with one attached hydrogen (secondary N) is 1. The van der Waals surface area contributed by atoms with Gasteiger partial charge in [-0.1, -0.05) is 61.2 Å². The minimum atomic E-state index is -0.528. The van der Waals surface area contributed by atoms with Crippen LogP contribution in [-0.4, -0.2) is 53.5 Å². The van der Waals surface area contributed by atoms with E-state index in [2.05, 4.69) is 5.32 Å². The van der Waals surface area contributed by atoms with E-state index in [1.54, 1.807) is 0 Å². The number of nitrogens with zero attached hydrogens (tertiary/aromatic N) is 2. The summed E-state index contributed by atoms with van der Waals surface area (Å²) in [5, 5.41) is 3.75. The Kier molecular flexibility index (Phi) is 5.49. The second-order valence-electron chi connectivity index (χ2n) is 7.94. The molecule has 0 bridgehead atoms. The SMILES string of the molecule is NC(=O)C1C(c2ccccc2)=C(Cl)N2CCN(C(=O)NC3CCCCC3)CC12. The molecule has 3 aliphatic rings. The van der Waals surface area contributed by atoms with Gasteiger partial charge in [-0.2, -0.15) is 0 Å². The zero-order valence-corrected chi connectivity index (χ0v) is 16.7. The Hall–Kier alpha value is -2.21. The zero-order chi connectivity index (χ0) is 19.7. The predicted octanol–water partition coefficient (Wildman–Crippen LogP) is 2.74. The van der Waals surface area contributed by atoms with Gasteiger partial charge >= 0.3 is 6.03 Å². The van der Waals surface area contributed by atoms with Gasteiger partial charge in [-0.15, -0.1) is 0 Å². The van der Waals surface area contributed by atoms with Crippen molar-refractivity contribution in [1.82, 2.24) is 15.1 Å². The molecule has 0 aromatic heterocycles. The Balaban J connectivity index is 1.52. The molecule has 3 N–H and O–H groups in total. The van der Waals surface area contributed by atoms with Crippen LogP contribution >= 0.6 is 11.6 Å². The molecule has 7 heteroatoms. The molecule has 6 nitrogen and oxygen atoms in total. The van der Waals surface area contributed by atoms with Crippen LogP contribution in [0.5, 0.6) is 0 Å². The number of piperazine rings is 1. The standard InChI is InChI=1S/C21H27ClN4O2/c22-19-17(14-7-3-1-4-8-14)18(20(23)27)16-13-25(11-12-26(16)19)21(28)24-15-9-5-2-6-10-15/h1,3-4,7-8,15-16,18H,2,5-6,9-13H2,(H2,23,27)(H,24,28). The molecule has 1 aromatic rings. The maximum absolute atomic E-state index is 12.8. The topological polar surface area (TPSA) is 78.7 Å². The summed E-state index contributed by atoms with van der Waals surface area (Å²) in [6, 6.07) is 9.66. The highest BCUT2D eigenvalue weighted by molar-refractivity contribution is 6.33.